The average molecular weight is 156 g/mol. The number of carbonyl (C=O) groups is 1. The van der Waals surface area contributed by atoms with E-state index < -0.39 is 12.1 Å². The van der Waals surface area contributed by atoms with Gasteiger partial charge in [-0.25, -0.2) is 4.79 Å². The molecular formula is C8H12O3. The van der Waals surface area contributed by atoms with Crippen LogP contribution in [0.2, 0.25) is 0 Å². The number of allylic oxidation sites excluding steroid dienone is 1. The molecule has 0 aromatic heterocycles. The first kappa shape index (κ1) is 8.27. The molecule has 0 aromatic carbocycles. The van der Waals surface area contributed by atoms with Gasteiger partial charge in [0.2, 0.25) is 0 Å². The van der Waals surface area contributed by atoms with Gasteiger partial charge in [-0.05, 0) is 6.08 Å². The van der Waals surface area contributed by atoms with Gasteiger partial charge < -0.3 is 9.84 Å². The summed E-state index contributed by atoms with van der Waals surface area (Å²) in [6, 6.07) is 0. The van der Waals surface area contributed by atoms with Gasteiger partial charge >= 0.3 is 5.97 Å². The highest BCUT2D eigenvalue weighted by molar-refractivity contribution is 5.80. The van der Waals surface area contributed by atoms with Gasteiger partial charge in [0.25, 0.3) is 0 Å². The van der Waals surface area contributed by atoms with E-state index in [-0.39, 0.29) is 5.41 Å². The number of aliphatic hydroxyl groups excluding tert-OH is 1. The van der Waals surface area contributed by atoms with Crippen molar-refractivity contribution in [2.24, 2.45) is 5.41 Å². The minimum Gasteiger partial charge on any atom is -0.429 e. The minimum atomic E-state index is -1.07. The van der Waals surface area contributed by atoms with Crippen LogP contribution in [-0.4, -0.2) is 17.2 Å². The van der Waals surface area contributed by atoms with Crippen LogP contribution in [0.3, 0.4) is 0 Å². The summed E-state index contributed by atoms with van der Waals surface area (Å²) in [5, 5.41) is 8.98. The van der Waals surface area contributed by atoms with Gasteiger partial charge in [-0.2, -0.15) is 0 Å². The summed E-state index contributed by atoms with van der Waals surface area (Å²) in [6.45, 7) is 5.76. The second kappa shape index (κ2) is 2.34. The van der Waals surface area contributed by atoms with Crippen LogP contribution in [0.15, 0.2) is 11.8 Å². The molecular weight excluding hydrogens is 144 g/mol. The van der Waals surface area contributed by atoms with Gasteiger partial charge in [-0.15, -0.1) is 0 Å². The average Bonchev–Trinajstić information content (AvgIpc) is 2.11. The molecule has 1 unspecified atom stereocenters. The number of hydrogen-bond donors (Lipinski definition) is 1. The SMILES string of the molecule is CC(C)(C)C1=CC(O)C(=O)O1. The van der Waals surface area contributed by atoms with Crippen molar-refractivity contribution in [3.05, 3.63) is 11.8 Å². The third-order valence-electron chi connectivity index (χ3n) is 1.50. The van der Waals surface area contributed by atoms with Crippen molar-refractivity contribution in [3.8, 4) is 0 Å². The van der Waals surface area contributed by atoms with Crippen molar-refractivity contribution >= 4 is 5.97 Å². The molecule has 0 saturated carbocycles. The number of hydrogen-bond acceptors (Lipinski definition) is 3. The molecule has 0 fully saturated rings. The molecule has 0 spiro atoms. The first-order chi connectivity index (χ1) is 4.91. The Balaban J connectivity index is 2.79. The second-order valence-electron chi connectivity index (χ2n) is 3.65. The number of esters is 1. The Labute approximate surface area is 65.7 Å². The normalized spacial score (nSPS) is 24.9. The van der Waals surface area contributed by atoms with E-state index in [9.17, 15) is 4.79 Å². The van der Waals surface area contributed by atoms with Crippen LogP contribution in [0.4, 0.5) is 0 Å². The van der Waals surface area contributed by atoms with E-state index in [0.29, 0.717) is 5.76 Å². The summed E-state index contributed by atoms with van der Waals surface area (Å²) in [4.78, 5) is 10.7. The molecule has 1 N–H and O–H groups in total. The summed E-state index contributed by atoms with van der Waals surface area (Å²) in [5.41, 5.74) is -0.201. The summed E-state index contributed by atoms with van der Waals surface area (Å²) in [6.07, 6.45) is 0.381. The fraction of sp³-hybridized carbons (Fsp3) is 0.625. The van der Waals surface area contributed by atoms with Gasteiger partial charge in [0.1, 0.15) is 5.76 Å². The first-order valence-electron chi connectivity index (χ1n) is 3.53. The molecule has 1 atom stereocenters. The zero-order valence-corrected chi connectivity index (χ0v) is 6.92. The Morgan fingerprint density at radius 2 is 2.09 bits per heavy atom. The lowest BCUT2D eigenvalue weighted by Gasteiger charge is -2.17. The molecule has 0 bridgehead atoms. The molecule has 0 aliphatic carbocycles. The second-order valence-corrected chi connectivity index (χ2v) is 3.65. The van der Waals surface area contributed by atoms with Crippen molar-refractivity contribution in [2.45, 2.75) is 26.9 Å². The minimum absolute atomic E-state index is 0.201. The largest absolute Gasteiger partial charge is 0.429 e. The van der Waals surface area contributed by atoms with E-state index in [2.05, 4.69) is 0 Å². The predicted molar refractivity (Wildman–Crippen MR) is 39.6 cm³/mol. The quantitative estimate of drug-likeness (QED) is 0.528. The highest BCUT2D eigenvalue weighted by Crippen LogP contribution is 2.30. The Morgan fingerprint density at radius 3 is 2.27 bits per heavy atom. The third kappa shape index (κ3) is 1.60. The topological polar surface area (TPSA) is 46.5 Å². The fourth-order valence-corrected chi connectivity index (χ4v) is 0.817. The van der Waals surface area contributed by atoms with Crippen molar-refractivity contribution in [3.63, 3.8) is 0 Å². The van der Waals surface area contributed by atoms with E-state index in [4.69, 9.17) is 9.84 Å². The highest BCUT2D eigenvalue weighted by atomic mass is 16.6. The smallest absolute Gasteiger partial charge is 0.344 e. The van der Waals surface area contributed by atoms with Crippen LogP contribution < -0.4 is 0 Å². The molecule has 62 valence electrons. The molecule has 1 aliphatic rings. The van der Waals surface area contributed by atoms with Crippen molar-refractivity contribution < 1.29 is 14.6 Å². The lowest BCUT2D eigenvalue weighted by molar-refractivity contribution is -0.144. The van der Waals surface area contributed by atoms with Crippen molar-refractivity contribution in [2.75, 3.05) is 0 Å². The van der Waals surface area contributed by atoms with Gasteiger partial charge in [0.15, 0.2) is 6.10 Å². The maximum Gasteiger partial charge on any atom is 0.344 e. The van der Waals surface area contributed by atoms with E-state index in [1.54, 1.807) is 0 Å². The number of rotatable bonds is 0. The molecule has 3 nitrogen and oxygen atoms in total. The molecule has 1 rings (SSSR count). The number of cyclic esters (lactones) is 1. The maximum atomic E-state index is 10.7. The van der Waals surface area contributed by atoms with E-state index in [0.717, 1.165) is 0 Å². The van der Waals surface area contributed by atoms with Gasteiger partial charge in [-0.1, -0.05) is 20.8 Å². The summed E-state index contributed by atoms with van der Waals surface area (Å²) in [5.74, 6) is -0.0232. The van der Waals surface area contributed by atoms with Crippen molar-refractivity contribution in [1.29, 1.82) is 0 Å². The highest BCUT2D eigenvalue weighted by Gasteiger charge is 2.31. The molecule has 1 aliphatic heterocycles. The van der Waals surface area contributed by atoms with Crippen LogP contribution in [0.1, 0.15) is 20.8 Å². The molecule has 0 amide bonds. The van der Waals surface area contributed by atoms with E-state index >= 15 is 0 Å². The molecule has 0 aromatic rings. The van der Waals surface area contributed by atoms with E-state index in [1.165, 1.54) is 6.08 Å². The molecule has 0 saturated heterocycles. The summed E-state index contributed by atoms with van der Waals surface area (Å²) >= 11 is 0. The summed E-state index contributed by atoms with van der Waals surface area (Å²) < 4.78 is 4.81. The molecule has 0 radical (unpaired) electrons. The fourth-order valence-electron chi connectivity index (χ4n) is 0.817. The Bertz CT molecular complexity index is 210. The standard InChI is InChI=1S/C8H12O3/c1-8(2,3)6-4-5(9)7(10)11-6/h4-5,9H,1-3H3. The first-order valence-corrected chi connectivity index (χ1v) is 3.53. The van der Waals surface area contributed by atoms with Crippen LogP contribution in [-0.2, 0) is 9.53 Å². The van der Waals surface area contributed by atoms with Gasteiger partial charge in [0.05, 0.1) is 0 Å². The number of ether oxygens (including phenoxy) is 1. The zero-order chi connectivity index (χ0) is 8.65. The predicted octanol–water partition coefficient (Wildman–Crippen LogP) is 0.834. The third-order valence-corrected chi connectivity index (χ3v) is 1.50. The Kier molecular flexibility index (Phi) is 1.76. The maximum absolute atomic E-state index is 10.7. The van der Waals surface area contributed by atoms with Crippen LogP contribution in [0.25, 0.3) is 0 Å². The van der Waals surface area contributed by atoms with Crippen LogP contribution in [0.5, 0.6) is 0 Å². The number of aliphatic hydroxyl groups is 1. The number of carbonyl (C=O) groups excluding carboxylic acids is 1. The molecule has 3 heteroatoms. The lowest BCUT2D eigenvalue weighted by atomic mass is 9.94. The summed E-state index contributed by atoms with van der Waals surface area (Å²) in [7, 11) is 0. The monoisotopic (exact) mass is 156 g/mol. The van der Waals surface area contributed by atoms with Crippen LogP contribution >= 0.6 is 0 Å². The molecule has 1 heterocycles. The van der Waals surface area contributed by atoms with Crippen molar-refractivity contribution in [1.82, 2.24) is 0 Å². The van der Waals surface area contributed by atoms with Crippen LogP contribution in [0, 0.1) is 5.41 Å². The lowest BCUT2D eigenvalue weighted by Crippen LogP contribution is -2.14. The Morgan fingerprint density at radius 1 is 1.55 bits per heavy atom. The zero-order valence-electron chi connectivity index (χ0n) is 6.92. The molecule has 11 heavy (non-hydrogen) atoms. The van der Waals surface area contributed by atoms with Gasteiger partial charge in [-0.3, -0.25) is 0 Å². The van der Waals surface area contributed by atoms with Gasteiger partial charge in [0, 0.05) is 5.41 Å². The Hall–Kier alpha value is -0.830. The van der Waals surface area contributed by atoms with E-state index in [1.807, 2.05) is 20.8 Å².